The molecule has 0 saturated heterocycles. The van der Waals surface area contributed by atoms with Gasteiger partial charge in [-0.2, -0.15) is 0 Å². The van der Waals surface area contributed by atoms with Crippen LogP contribution in [0.3, 0.4) is 0 Å². The van der Waals surface area contributed by atoms with E-state index in [2.05, 4.69) is 4.98 Å². The van der Waals surface area contributed by atoms with Gasteiger partial charge in [-0.15, -0.1) is 0 Å². The van der Waals surface area contributed by atoms with E-state index < -0.39 is 0 Å². The average Bonchev–Trinajstić information content (AvgIpc) is 2.17. The molecule has 0 fully saturated rings. The minimum absolute atomic E-state index is 0.0549. The van der Waals surface area contributed by atoms with Gasteiger partial charge in [-0.3, -0.25) is 4.79 Å². The number of aromatic amines is 1. The molecule has 0 spiro atoms. The highest BCUT2D eigenvalue weighted by molar-refractivity contribution is 5.79. The molecule has 1 radical (unpaired) electrons. The van der Waals surface area contributed by atoms with E-state index >= 15 is 0 Å². The largest absolute Gasteiger partial charge is 0.322 e. The highest BCUT2D eigenvalue weighted by atomic mass is 16.1. The van der Waals surface area contributed by atoms with Crippen LogP contribution >= 0.6 is 0 Å². The van der Waals surface area contributed by atoms with Crippen LogP contribution in [-0.4, -0.2) is 4.98 Å². The molecular weight excluding hydrogens is 162 g/mol. The molecule has 0 saturated carbocycles. The van der Waals surface area contributed by atoms with Gasteiger partial charge >= 0.3 is 0 Å². The van der Waals surface area contributed by atoms with Crippen molar-refractivity contribution in [3.05, 3.63) is 52.7 Å². The molecule has 2 aromatic rings. The first-order valence-corrected chi connectivity index (χ1v) is 4.22. The predicted octanol–water partition coefficient (Wildman–Crippen LogP) is 2.10. The fraction of sp³-hybridized carbons (Fsp3) is 0.0909. The van der Waals surface area contributed by atoms with Crippen LogP contribution in [0, 0.1) is 6.42 Å². The predicted molar refractivity (Wildman–Crippen MR) is 53.6 cm³/mol. The van der Waals surface area contributed by atoms with Crippen LogP contribution in [0.4, 0.5) is 0 Å². The van der Waals surface area contributed by atoms with E-state index in [-0.39, 0.29) is 5.56 Å². The van der Waals surface area contributed by atoms with Crippen molar-refractivity contribution in [3.63, 3.8) is 0 Å². The third-order valence-corrected chi connectivity index (χ3v) is 2.08. The van der Waals surface area contributed by atoms with Crippen LogP contribution in [0.25, 0.3) is 10.9 Å². The normalized spacial score (nSPS) is 10.5. The molecule has 2 rings (SSSR count). The summed E-state index contributed by atoms with van der Waals surface area (Å²) in [5, 5.41) is 1.07. The molecule has 1 aromatic carbocycles. The van der Waals surface area contributed by atoms with E-state index in [4.69, 9.17) is 0 Å². The van der Waals surface area contributed by atoms with Crippen molar-refractivity contribution >= 4 is 10.9 Å². The molecule has 0 unspecified atom stereocenters. The highest BCUT2D eigenvalue weighted by Gasteiger charge is 1.94. The molecule has 1 aromatic heterocycles. The van der Waals surface area contributed by atoms with Crippen LogP contribution in [-0.2, 0) is 0 Å². The van der Waals surface area contributed by atoms with Crippen molar-refractivity contribution in [3.8, 4) is 0 Å². The summed E-state index contributed by atoms with van der Waals surface area (Å²) in [5.74, 6) is 0. The van der Waals surface area contributed by atoms with Crippen LogP contribution < -0.4 is 5.56 Å². The first-order valence-electron chi connectivity index (χ1n) is 4.22. The zero-order chi connectivity index (χ0) is 9.26. The fourth-order valence-electron chi connectivity index (χ4n) is 1.35. The number of rotatable bonds is 1. The second kappa shape index (κ2) is 3.05. The smallest absolute Gasteiger partial charge is 0.248 e. The summed E-state index contributed by atoms with van der Waals surface area (Å²) in [6.07, 6.45) is 2.03. The third kappa shape index (κ3) is 1.47. The Morgan fingerprint density at radius 3 is 2.85 bits per heavy atom. The van der Waals surface area contributed by atoms with E-state index in [9.17, 15) is 4.79 Å². The maximum atomic E-state index is 11.0. The maximum Gasteiger partial charge on any atom is 0.248 e. The van der Waals surface area contributed by atoms with E-state index in [1.54, 1.807) is 6.07 Å². The topological polar surface area (TPSA) is 32.9 Å². The Balaban J connectivity index is 2.73. The molecule has 1 N–H and O–H groups in total. The molecule has 0 atom stereocenters. The van der Waals surface area contributed by atoms with Crippen LogP contribution in [0.1, 0.15) is 12.5 Å². The number of benzene rings is 1. The van der Waals surface area contributed by atoms with Gasteiger partial charge in [-0.05, 0) is 35.6 Å². The monoisotopic (exact) mass is 172 g/mol. The number of hydrogen-bond donors (Lipinski definition) is 1. The van der Waals surface area contributed by atoms with Gasteiger partial charge in [0.1, 0.15) is 0 Å². The summed E-state index contributed by atoms with van der Waals surface area (Å²) < 4.78 is 0. The van der Waals surface area contributed by atoms with E-state index in [0.29, 0.717) is 0 Å². The lowest BCUT2D eigenvalue weighted by atomic mass is 10.1. The van der Waals surface area contributed by atoms with Gasteiger partial charge in [0.05, 0.1) is 0 Å². The first-order chi connectivity index (χ1) is 6.29. The van der Waals surface area contributed by atoms with Gasteiger partial charge in [-0.1, -0.05) is 13.0 Å². The summed E-state index contributed by atoms with van der Waals surface area (Å²) in [6, 6.07) is 9.33. The SMILES string of the molecule is C[CH]c1ccc2[nH]c(=O)ccc2c1. The lowest BCUT2D eigenvalue weighted by Gasteiger charge is -1.99. The van der Waals surface area contributed by atoms with Crippen molar-refractivity contribution in [2.45, 2.75) is 6.92 Å². The molecule has 0 aliphatic rings. The van der Waals surface area contributed by atoms with Gasteiger partial charge in [0, 0.05) is 11.6 Å². The second-order valence-electron chi connectivity index (χ2n) is 2.96. The lowest BCUT2D eigenvalue weighted by Crippen LogP contribution is -2.02. The van der Waals surface area contributed by atoms with Crippen molar-refractivity contribution < 1.29 is 0 Å². The van der Waals surface area contributed by atoms with E-state index in [1.807, 2.05) is 37.6 Å². The average molecular weight is 172 g/mol. The number of fused-ring (bicyclic) bond motifs is 1. The highest BCUT2D eigenvalue weighted by Crippen LogP contribution is 2.12. The first kappa shape index (κ1) is 8.05. The van der Waals surface area contributed by atoms with Crippen LogP contribution in [0.5, 0.6) is 0 Å². The summed E-state index contributed by atoms with van der Waals surface area (Å²) in [7, 11) is 0. The Hall–Kier alpha value is -1.57. The third-order valence-electron chi connectivity index (χ3n) is 2.08. The molecule has 2 heteroatoms. The Morgan fingerprint density at radius 1 is 1.23 bits per heavy atom. The van der Waals surface area contributed by atoms with Crippen molar-refractivity contribution in [1.29, 1.82) is 0 Å². The Morgan fingerprint density at radius 2 is 2.08 bits per heavy atom. The molecule has 13 heavy (non-hydrogen) atoms. The van der Waals surface area contributed by atoms with Crippen molar-refractivity contribution in [1.82, 2.24) is 4.98 Å². The van der Waals surface area contributed by atoms with Gasteiger partial charge in [0.15, 0.2) is 0 Å². The fourth-order valence-corrected chi connectivity index (χ4v) is 1.35. The van der Waals surface area contributed by atoms with Crippen molar-refractivity contribution in [2.75, 3.05) is 0 Å². The van der Waals surface area contributed by atoms with Gasteiger partial charge in [-0.25, -0.2) is 0 Å². The minimum Gasteiger partial charge on any atom is -0.322 e. The quantitative estimate of drug-likeness (QED) is 0.702. The zero-order valence-corrected chi connectivity index (χ0v) is 7.37. The Labute approximate surface area is 76.2 Å². The number of nitrogens with one attached hydrogen (secondary N) is 1. The molecule has 0 amide bonds. The molecule has 0 bridgehead atoms. The van der Waals surface area contributed by atoms with E-state index in [1.165, 1.54) is 5.56 Å². The van der Waals surface area contributed by atoms with Gasteiger partial charge in [0.2, 0.25) is 5.56 Å². The maximum absolute atomic E-state index is 11.0. The summed E-state index contributed by atoms with van der Waals surface area (Å²) in [5.41, 5.74) is 2.00. The number of hydrogen-bond acceptors (Lipinski definition) is 1. The molecular formula is C11H10NO. The zero-order valence-electron chi connectivity index (χ0n) is 7.37. The molecule has 0 aliphatic heterocycles. The van der Waals surface area contributed by atoms with Crippen molar-refractivity contribution in [2.24, 2.45) is 0 Å². The summed E-state index contributed by atoms with van der Waals surface area (Å²) in [4.78, 5) is 13.7. The standard InChI is InChI=1S/C11H10NO/c1-2-8-3-5-10-9(7-8)4-6-11(13)12-10/h2-7H,1H3,(H,12,13). The second-order valence-corrected chi connectivity index (χ2v) is 2.96. The Bertz CT molecular complexity index is 485. The summed E-state index contributed by atoms with van der Waals surface area (Å²) in [6.45, 7) is 1.99. The number of H-pyrrole nitrogens is 1. The van der Waals surface area contributed by atoms with Crippen LogP contribution in [0.15, 0.2) is 35.1 Å². The molecule has 65 valence electrons. The van der Waals surface area contributed by atoms with Gasteiger partial charge < -0.3 is 4.98 Å². The van der Waals surface area contributed by atoms with Gasteiger partial charge in [0.25, 0.3) is 0 Å². The number of aromatic nitrogens is 1. The number of pyridine rings is 1. The lowest BCUT2D eigenvalue weighted by molar-refractivity contribution is 1.30. The Kier molecular flexibility index (Phi) is 1.89. The molecule has 1 heterocycles. The summed E-state index contributed by atoms with van der Waals surface area (Å²) >= 11 is 0. The van der Waals surface area contributed by atoms with Crippen LogP contribution in [0.2, 0.25) is 0 Å². The minimum atomic E-state index is -0.0549. The molecule has 0 aliphatic carbocycles. The van der Waals surface area contributed by atoms with E-state index in [0.717, 1.165) is 10.9 Å². The molecule has 2 nitrogen and oxygen atoms in total.